The summed E-state index contributed by atoms with van der Waals surface area (Å²) in [7, 11) is 1.46. The molecule has 1 heterocycles. The molecule has 5 atom stereocenters. The SMILES string of the molecule is COC(=O)[C@]1(c2ccc(Cl)c(Cl)c2)C[C@@H]1CN1CC[C@@]2(C)c3cc(O)ccc3C[C@@H]1[C@@H]2C. The van der Waals surface area contributed by atoms with Gasteiger partial charge in [-0.1, -0.05) is 49.2 Å². The Hall–Kier alpha value is -1.75. The molecule has 170 valence electrons. The van der Waals surface area contributed by atoms with E-state index in [1.54, 1.807) is 12.1 Å². The standard InChI is InChI=1S/C26H29Cl2NO3/c1-15-23-10-16-4-6-19(30)12-20(16)25(15,2)8-9-29(23)14-18-13-26(18,24(31)32-3)17-5-7-21(27)22(28)11-17/h4-7,11-12,15,18,23,30H,8-10,13-14H2,1-3H3/t15-,18+,23+,25+,26-/m0/s1. The van der Waals surface area contributed by atoms with E-state index in [1.165, 1.54) is 18.2 Å². The maximum atomic E-state index is 12.9. The van der Waals surface area contributed by atoms with Crippen molar-refractivity contribution >= 4 is 29.2 Å². The zero-order chi connectivity index (χ0) is 22.8. The maximum Gasteiger partial charge on any atom is 0.316 e. The number of fused-ring (bicyclic) bond motifs is 4. The minimum atomic E-state index is -0.647. The fraction of sp³-hybridized carbons (Fsp3) is 0.500. The molecule has 2 aromatic rings. The molecule has 1 N–H and O–H groups in total. The van der Waals surface area contributed by atoms with E-state index in [0.29, 0.717) is 27.8 Å². The van der Waals surface area contributed by atoms with Crippen molar-refractivity contribution < 1.29 is 14.6 Å². The summed E-state index contributed by atoms with van der Waals surface area (Å²) in [5, 5.41) is 11.0. The molecule has 32 heavy (non-hydrogen) atoms. The maximum absolute atomic E-state index is 12.9. The van der Waals surface area contributed by atoms with Crippen LogP contribution in [-0.4, -0.2) is 42.2 Å². The van der Waals surface area contributed by atoms with Gasteiger partial charge in [0, 0.05) is 12.6 Å². The highest BCUT2D eigenvalue weighted by Gasteiger charge is 2.63. The van der Waals surface area contributed by atoms with Crippen molar-refractivity contribution in [3.63, 3.8) is 0 Å². The molecular weight excluding hydrogens is 445 g/mol. The van der Waals surface area contributed by atoms with E-state index in [1.807, 2.05) is 18.2 Å². The molecule has 4 nitrogen and oxygen atoms in total. The molecule has 3 aliphatic rings. The molecule has 2 aliphatic carbocycles. The van der Waals surface area contributed by atoms with Gasteiger partial charge in [-0.05, 0) is 84.0 Å². The predicted octanol–water partition coefficient (Wildman–Crippen LogP) is 5.35. The first-order valence-corrected chi connectivity index (χ1v) is 12.1. The van der Waals surface area contributed by atoms with Gasteiger partial charge in [-0.3, -0.25) is 9.69 Å². The summed E-state index contributed by atoms with van der Waals surface area (Å²) < 4.78 is 5.24. The van der Waals surface area contributed by atoms with Gasteiger partial charge in [-0.15, -0.1) is 0 Å². The van der Waals surface area contributed by atoms with Crippen LogP contribution in [0.4, 0.5) is 0 Å². The summed E-state index contributed by atoms with van der Waals surface area (Å²) in [4.78, 5) is 15.5. The predicted molar refractivity (Wildman–Crippen MR) is 127 cm³/mol. The lowest BCUT2D eigenvalue weighted by molar-refractivity contribution is -0.144. The number of hydrogen-bond donors (Lipinski definition) is 1. The second-order valence-electron chi connectivity index (χ2n) is 10.1. The van der Waals surface area contributed by atoms with E-state index in [4.69, 9.17) is 27.9 Å². The summed E-state index contributed by atoms with van der Waals surface area (Å²) in [6.07, 6.45) is 2.76. The number of carbonyl (C=O) groups is 1. The molecular formula is C26H29Cl2NO3. The number of phenolic OH excluding ortho intramolecular Hbond substituents is 1. The van der Waals surface area contributed by atoms with E-state index in [0.717, 1.165) is 37.9 Å². The fourth-order valence-electron chi connectivity index (χ4n) is 6.43. The first-order chi connectivity index (χ1) is 15.2. The Balaban J connectivity index is 1.42. The van der Waals surface area contributed by atoms with E-state index >= 15 is 0 Å². The molecule has 1 saturated heterocycles. The topological polar surface area (TPSA) is 49.8 Å². The molecule has 2 aromatic carbocycles. The van der Waals surface area contributed by atoms with Crippen LogP contribution in [0.3, 0.4) is 0 Å². The zero-order valence-corrected chi connectivity index (χ0v) is 20.2. The number of likely N-dealkylation sites (tertiary alicyclic amines) is 1. The number of carbonyl (C=O) groups excluding carboxylic acids is 1. The van der Waals surface area contributed by atoms with Crippen LogP contribution in [0.15, 0.2) is 36.4 Å². The smallest absolute Gasteiger partial charge is 0.316 e. The van der Waals surface area contributed by atoms with Crippen molar-refractivity contribution in [3.8, 4) is 5.75 Å². The largest absolute Gasteiger partial charge is 0.508 e. The molecule has 0 aromatic heterocycles. The van der Waals surface area contributed by atoms with Crippen molar-refractivity contribution in [2.75, 3.05) is 20.2 Å². The number of phenols is 1. The monoisotopic (exact) mass is 473 g/mol. The second-order valence-corrected chi connectivity index (χ2v) is 10.9. The Morgan fingerprint density at radius 3 is 2.72 bits per heavy atom. The number of esters is 1. The molecule has 0 unspecified atom stereocenters. The molecule has 6 heteroatoms. The highest BCUT2D eigenvalue weighted by Crippen LogP contribution is 2.57. The summed E-state index contributed by atoms with van der Waals surface area (Å²) in [5.74, 6) is 0.799. The van der Waals surface area contributed by atoms with Crippen molar-refractivity contribution in [2.45, 2.75) is 50.0 Å². The summed E-state index contributed by atoms with van der Waals surface area (Å²) in [6.45, 7) is 6.51. The third-order valence-electron chi connectivity index (χ3n) is 8.65. The lowest BCUT2D eigenvalue weighted by Gasteiger charge is -2.54. The lowest BCUT2D eigenvalue weighted by atomic mass is 9.59. The first kappa shape index (κ1) is 22.1. The minimum Gasteiger partial charge on any atom is -0.508 e. The van der Waals surface area contributed by atoms with Gasteiger partial charge in [-0.2, -0.15) is 0 Å². The summed E-state index contributed by atoms with van der Waals surface area (Å²) in [5.41, 5.74) is 2.93. The van der Waals surface area contributed by atoms with Crippen molar-refractivity contribution in [2.24, 2.45) is 11.8 Å². The van der Waals surface area contributed by atoms with Gasteiger partial charge in [0.2, 0.25) is 0 Å². The van der Waals surface area contributed by atoms with Gasteiger partial charge in [0.15, 0.2) is 0 Å². The Morgan fingerprint density at radius 2 is 2.00 bits per heavy atom. The lowest BCUT2D eigenvalue weighted by Crippen LogP contribution is -2.58. The van der Waals surface area contributed by atoms with Gasteiger partial charge in [0.25, 0.3) is 0 Å². The molecule has 1 saturated carbocycles. The number of ether oxygens (including phenoxy) is 1. The molecule has 2 fully saturated rings. The average molecular weight is 474 g/mol. The van der Waals surface area contributed by atoms with E-state index in [2.05, 4.69) is 24.8 Å². The number of nitrogens with zero attached hydrogens (tertiary/aromatic N) is 1. The van der Waals surface area contributed by atoms with Crippen LogP contribution in [0.5, 0.6) is 5.75 Å². The van der Waals surface area contributed by atoms with E-state index in [9.17, 15) is 9.90 Å². The van der Waals surface area contributed by atoms with Crippen LogP contribution >= 0.6 is 23.2 Å². The number of methoxy groups -OCH3 is 1. The van der Waals surface area contributed by atoms with Crippen LogP contribution in [0.2, 0.25) is 10.0 Å². The van der Waals surface area contributed by atoms with Crippen LogP contribution in [0, 0.1) is 11.8 Å². The normalized spacial score (nSPS) is 33.5. The van der Waals surface area contributed by atoms with Gasteiger partial charge in [0.05, 0.1) is 22.6 Å². The van der Waals surface area contributed by atoms with Gasteiger partial charge < -0.3 is 9.84 Å². The third kappa shape index (κ3) is 3.18. The summed E-state index contributed by atoms with van der Waals surface area (Å²) in [6, 6.07) is 11.7. The average Bonchev–Trinajstić information content (AvgIpc) is 3.49. The van der Waals surface area contributed by atoms with Crippen LogP contribution in [0.25, 0.3) is 0 Å². The quantitative estimate of drug-likeness (QED) is 0.607. The minimum absolute atomic E-state index is 0.0557. The van der Waals surface area contributed by atoms with Crippen LogP contribution < -0.4 is 0 Å². The molecule has 0 amide bonds. The molecule has 2 bridgehead atoms. The highest BCUT2D eigenvalue weighted by molar-refractivity contribution is 6.42. The van der Waals surface area contributed by atoms with Crippen LogP contribution in [0.1, 0.15) is 43.4 Å². The van der Waals surface area contributed by atoms with Crippen LogP contribution in [-0.2, 0) is 26.8 Å². The molecule has 0 spiro atoms. The number of halogens is 2. The molecule has 5 rings (SSSR count). The number of aromatic hydroxyl groups is 1. The number of rotatable bonds is 4. The Labute approximate surface area is 199 Å². The van der Waals surface area contributed by atoms with Gasteiger partial charge >= 0.3 is 5.97 Å². The first-order valence-electron chi connectivity index (χ1n) is 11.3. The van der Waals surface area contributed by atoms with Crippen molar-refractivity contribution in [1.29, 1.82) is 0 Å². The Bertz CT molecular complexity index is 1090. The third-order valence-corrected chi connectivity index (χ3v) is 9.39. The van der Waals surface area contributed by atoms with Gasteiger partial charge in [0.1, 0.15) is 5.75 Å². The highest BCUT2D eigenvalue weighted by atomic mass is 35.5. The number of benzene rings is 2. The zero-order valence-electron chi connectivity index (χ0n) is 18.7. The Kier molecular flexibility index (Phi) is 5.27. The second kappa shape index (κ2) is 7.65. The van der Waals surface area contributed by atoms with Crippen molar-refractivity contribution in [1.82, 2.24) is 4.90 Å². The Morgan fingerprint density at radius 1 is 1.22 bits per heavy atom. The fourth-order valence-corrected chi connectivity index (χ4v) is 6.73. The van der Waals surface area contributed by atoms with E-state index in [-0.39, 0.29) is 17.3 Å². The molecule has 1 aliphatic heterocycles. The summed E-state index contributed by atoms with van der Waals surface area (Å²) >= 11 is 12.4. The number of piperidine rings is 1. The molecule has 0 radical (unpaired) electrons. The van der Waals surface area contributed by atoms with Gasteiger partial charge in [-0.25, -0.2) is 0 Å². The number of hydrogen-bond acceptors (Lipinski definition) is 4. The van der Waals surface area contributed by atoms with E-state index < -0.39 is 5.41 Å². The van der Waals surface area contributed by atoms with Crippen molar-refractivity contribution in [3.05, 3.63) is 63.1 Å².